The zero-order valence-corrected chi connectivity index (χ0v) is 16.5. The van der Waals surface area contributed by atoms with E-state index in [2.05, 4.69) is 79.7 Å². The summed E-state index contributed by atoms with van der Waals surface area (Å²) in [6.07, 6.45) is 0.497. The molecule has 1 unspecified atom stereocenters. The smallest absolute Gasteiger partial charge is 0.228 e. The average molecular weight is 377 g/mol. The second-order valence-corrected chi connectivity index (χ2v) is 7.79. The van der Waals surface area contributed by atoms with E-state index in [4.69, 9.17) is 0 Å². The zero-order chi connectivity index (χ0) is 19.8. The van der Waals surface area contributed by atoms with Gasteiger partial charge in [-0.3, -0.25) is 4.79 Å². The molecule has 0 fully saturated rings. The van der Waals surface area contributed by atoms with E-state index in [0.29, 0.717) is 13.0 Å². The molecule has 4 aromatic carbocycles. The number of carbonyl (C=O) groups excluding carboxylic acids is 1. The molecule has 0 bridgehead atoms. The van der Waals surface area contributed by atoms with Crippen LogP contribution in [0.5, 0.6) is 0 Å². The lowest BCUT2D eigenvalue weighted by Crippen LogP contribution is -2.36. The number of benzene rings is 4. The number of rotatable bonds is 3. The second kappa shape index (κ2) is 7.21. The van der Waals surface area contributed by atoms with Crippen LogP contribution in [0.2, 0.25) is 0 Å². The second-order valence-electron chi connectivity index (χ2n) is 7.79. The number of fused-ring (bicyclic) bond motifs is 3. The van der Waals surface area contributed by atoms with Crippen LogP contribution in [0.1, 0.15) is 34.6 Å². The average Bonchev–Trinajstić information content (AvgIpc) is 2.77. The van der Waals surface area contributed by atoms with E-state index in [0.717, 1.165) is 5.69 Å². The van der Waals surface area contributed by atoms with Gasteiger partial charge in [0, 0.05) is 18.0 Å². The van der Waals surface area contributed by atoms with Crippen molar-refractivity contribution in [2.75, 3.05) is 4.90 Å². The molecule has 29 heavy (non-hydrogen) atoms. The minimum Gasteiger partial charge on any atom is -0.308 e. The third kappa shape index (κ3) is 3.11. The van der Waals surface area contributed by atoms with Crippen molar-refractivity contribution >= 4 is 22.4 Å². The van der Waals surface area contributed by atoms with Gasteiger partial charge < -0.3 is 4.90 Å². The Labute approximate surface area is 171 Å². The fourth-order valence-electron chi connectivity index (χ4n) is 4.51. The van der Waals surface area contributed by atoms with E-state index in [9.17, 15) is 4.79 Å². The lowest BCUT2D eigenvalue weighted by Gasteiger charge is -2.35. The van der Waals surface area contributed by atoms with Gasteiger partial charge in [0.2, 0.25) is 5.91 Å². The summed E-state index contributed by atoms with van der Waals surface area (Å²) in [5.41, 5.74) is 5.92. The fourth-order valence-corrected chi connectivity index (χ4v) is 4.51. The Balaban J connectivity index is 1.70. The first-order chi connectivity index (χ1) is 14.2. The van der Waals surface area contributed by atoms with Gasteiger partial charge >= 0.3 is 0 Å². The van der Waals surface area contributed by atoms with Crippen LogP contribution in [-0.2, 0) is 11.3 Å². The monoisotopic (exact) mass is 377 g/mol. The summed E-state index contributed by atoms with van der Waals surface area (Å²) < 4.78 is 0. The molecule has 1 heterocycles. The van der Waals surface area contributed by atoms with Crippen molar-refractivity contribution in [1.82, 2.24) is 0 Å². The van der Waals surface area contributed by atoms with Gasteiger partial charge in [0.1, 0.15) is 0 Å². The third-order valence-electron chi connectivity index (χ3n) is 6.06. The van der Waals surface area contributed by atoms with Crippen LogP contribution in [0.3, 0.4) is 0 Å². The van der Waals surface area contributed by atoms with Crippen LogP contribution in [0, 0.1) is 6.92 Å². The van der Waals surface area contributed by atoms with Gasteiger partial charge in [-0.2, -0.15) is 0 Å². The quantitative estimate of drug-likeness (QED) is 0.415. The zero-order valence-electron chi connectivity index (χ0n) is 16.5. The first-order valence-corrected chi connectivity index (χ1v) is 10.1. The Kier molecular flexibility index (Phi) is 4.40. The summed E-state index contributed by atoms with van der Waals surface area (Å²) in [5, 5.41) is 2.46. The van der Waals surface area contributed by atoms with E-state index < -0.39 is 0 Å². The summed E-state index contributed by atoms with van der Waals surface area (Å²) in [5.74, 6) is 0.266. The first kappa shape index (κ1) is 17.7. The van der Waals surface area contributed by atoms with Crippen LogP contribution in [0.25, 0.3) is 10.8 Å². The SMILES string of the molecule is Cc1ccccc1CN1C(=O)CC(c2ccccc2)c2c1ccc1ccccc21. The van der Waals surface area contributed by atoms with Gasteiger partial charge in [-0.15, -0.1) is 0 Å². The highest BCUT2D eigenvalue weighted by atomic mass is 16.2. The molecule has 1 amide bonds. The number of carbonyl (C=O) groups is 1. The molecule has 0 spiro atoms. The molecule has 0 radical (unpaired) electrons. The molecule has 142 valence electrons. The number of nitrogens with zero attached hydrogens (tertiary/aromatic N) is 1. The normalized spacial score (nSPS) is 16.1. The summed E-state index contributed by atoms with van der Waals surface area (Å²) in [6.45, 7) is 2.72. The third-order valence-corrected chi connectivity index (χ3v) is 6.06. The topological polar surface area (TPSA) is 20.3 Å². The van der Waals surface area contributed by atoms with Crippen LogP contribution in [-0.4, -0.2) is 5.91 Å². The summed E-state index contributed by atoms with van der Waals surface area (Å²) in [4.78, 5) is 15.3. The van der Waals surface area contributed by atoms with Crippen molar-refractivity contribution in [2.45, 2.75) is 25.8 Å². The molecule has 2 nitrogen and oxygen atoms in total. The van der Waals surface area contributed by atoms with Crippen molar-refractivity contribution in [3.8, 4) is 0 Å². The summed E-state index contributed by atoms with van der Waals surface area (Å²) >= 11 is 0. The molecule has 1 aliphatic rings. The van der Waals surface area contributed by atoms with Crippen molar-refractivity contribution in [3.05, 3.63) is 113 Å². The number of amides is 1. The molecule has 1 aliphatic heterocycles. The molecule has 0 saturated carbocycles. The lowest BCUT2D eigenvalue weighted by atomic mass is 9.81. The van der Waals surface area contributed by atoms with Crippen LogP contribution >= 0.6 is 0 Å². The van der Waals surface area contributed by atoms with Gasteiger partial charge in [-0.25, -0.2) is 0 Å². The van der Waals surface area contributed by atoms with E-state index >= 15 is 0 Å². The van der Waals surface area contributed by atoms with Crippen molar-refractivity contribution in [1.29, 1.82) is 0 Å². The molecule has 0 aromatic heterocycles. The summed E-state index contributed by atoms with van der Waals surface area (Å²) in [6, 6.07) is 31.5. The van der Waals surface area contributed by atoms with E-state index in [1.807, 2.05) is 23.1 Å². The fraction of sp³-hybridized carbons (Fsp3) is 0.148. The largest absolute Gasteiger partial charge is 0.308 e. The van der Waals surface area contributed by atoms with Gasteiger partial charge in [0.15, 0.2) is 0 Å². The Morgan fingerprint density at radius 2 is 1.55 bits per heavy atom. The molecule has 0 N–H and O–H groups in total. The number of aryl methyl sites for hydroxylation is 1. The molecule has 4 aromatic rings. The molecular formula is C27H23NO. The lowest BCUT2D eigenvalue weighted by molar-refractivity contribution is -0.119. The highest BCUT2D eigenvalue weighted by Gasteiger charge is 2.33. The van der Waals surface area contributed by atoms with Gasteiger partial charge in [0.25, 0.3) is 0 Å². The first-order valence-electron chi connectivity index (χ1n) is 10.1. The standard InChI is InChI=1S/C27H23NO/c1-19-9-5-6-13-22(19)18-28-25-16-15-21-12-7-8-14-23(21)27(25)24(17-26(28)29)20-10-3-2-4-11-20/h2-16,24H,17-18H2,1H3. The Morgan fingerprint density at radius 1 is 0.828 bits per heavy atom. The molecule has 1 atom stereocenters. The Bertz CT molecular complexity index is 1200. The maximum absolute atomic E-state index is 13.3. The number of hydrogen-bond acceptors (Lipinski definition) is 1. The predicted octanol–water partition coefficient (Wildman–Crippen LogP) is 6.22. The van der Waals surface area contributed by atoms with Crippen LogP contribution < -0.4 is 4.90 Å². The molecular weight excluding hydrogens is 354 g/mol. The van der Waals surface area contributed by atoms with Gasteiger partial charge in [-0.1, -0.05) is 84.9 Å². The maximum atomic E-state index is 13.3. The summed E-state index contributed by atoms with van der Waals surface area (Å²) in [7, 11) is 0. The van der Waals surface area contributed by atoms with Crippen LogP contribution in [0.15, 0.2) is 91.0 Å². The minimum absolute atomic E-state index is 0.0814. The van der Waals surface area contributed by atoms with E-state index in [-0.39, 0.29) is 11.8 Å². The van der Waals surface area contributed by atoms with Gasteiger partial charge in [0.05, 0.1) is 6.54 Å². The highest BCUT2D eigenvalue weighted by molar-refractivity contribution is 6.03. The predicted molar refractivity (Wildman–Crippen MR) is 119 cm³/mol. The maximum Gasteiger partial charge on any atom is 0.228 e. The number of hydrogen-bond donors (Lipinski definition) is 0. The Morgan fingerprint density at radius 3 is 2.38 bits per heavy atom. The molecule has 2 heteroatoms. The van der Waals surface area contributed by atoms with Crippen molar-refractivity contribution in [3.63, 3.8) is 0 Å². The molecule has 0 aliphatic carbocycles. The minimum atomic E-state index is 0.0814. The van der Waals surface area contributed by atoms with E-state index in [1.54, 1.807) is 0 Å². The number of anilines is 1. The van der Waals surface area contributed by atoms with Crippen LogP contribution in [0.4, 0.5) is 5.69 Å². The van der Waals surface area contributed by atoms with E-state index in [1.165, 1.54) is 33.0 Å². The highest BCUT2D eigenvalue weighted by Crippen LogP contribution is 2.44. The molecule has 0 saturated heterocycles. The Hall–Kier alpha value is -3.39. The van der Waals surface area contributed by atoms with Crippen molar-refractivity contribution in [2.24, 2.45) is 0 Å². The molecule has 5 rings (SSSR count). The van der Waals surface area contributed by atoms with Crippen molar-refractivity contribution < 1.29 is 4.79 Å². The van der Waals surface area contributed by atoms with Gasteiger partial charge in [-0.05, 0) is 46.0 Å².